The molecule has 2 atom stereocenters. The van der Waals surface area contributed by atoms with Crippen LogP contribution in [0, 0.1) is 11.6 Å². The van der Waals surface area contributed by atoms with Crippen LogP contribution in [-0.4, -0.2) is 49.8 Å². The second-order valence-corrected chi connectivity index (χ2v) is 8.12. The van der Waals surface area contributed by atoms with Crippen molar-refractivity contribution in [3.05, 3.63) is 35.4 Å². The minimum Gasteiger partial charge on any atom is -0.297 e. The lowest BCUT2D eigenvalue weighted by Gasteiger charge is -2.31. The number of hydroxylamine groups is 2. The summed E-state index contributed by atoms with van der Waals surface area (Å²) in [5.74, 6) is -2.01. The molecule has 0 saturated carbocycles. The van der Waals surface area contributed by atoms with E-state index in [2.05, 4.69) is 0 Å². The Morgan fingerprint density at radius 3 is 2.57 bits per heavy atom. The van der Waals surface area contributed by atoms with Crippen LogP contribution in [0.25, 0.3) is 0 Å². The van der Waals surface area contributed by atoms with Gasteiger partial charge in [-0.1, -0.05) is 18.6 Å². The molecule has 2 aliphatic heterocycles. The Morgan fingerprint density at radius 1 is 1.17 bits per heavy atom. The summed E-state index contributed by atoms with van der Waals surface area (Å²) in [7, 11) is -2.10. The van der Waals surface area contributed by atoms with E-state index in [1.807, 2.05) is 0 Å². The quantitative estimate of drug-likeness (QED) is 0.841. The SMILES string of the molecule is CN1OC[C@H](S(=O)(=O)N2CCCCC2)[C@H]1c1cccc(F)c1F. The van der Waals surface area contributed by atoms with E-state index in [0.717, 1.165) is 25.3 Å². The molecular formula is C15H20F2N2O3S. The highest BCUT2D eigenvalue weighted by atomic mass is 32.2. The van der Waals surface area contributed by atoms with Crippen LogP contribution in [0.5, 0.6) is 0 Å². The summed E-state index contributed by atoms with van der Waals surface area (Å²) in [6, 6.07) is 2.94. The predicted octanol–water partition coefficient (Wildman–Crippen LogP) is 2.07. The van der Waals surface area contributed by atoms with Gasteiger partial charge in [0.25, 0.3) is 0 Å². The number of hydrogen-bond donors (Lipinski definition) is 0. The predicted molar refractivity (Wildman–Crippen MR) is 80.9 cm³/mol. The Labute approximate surface area is 134 Å². The Bertz CT molecular complexity index is 677. The summed E-state index contributed by atoms with van der Waals surface area (Å²) >= 11 is 0. The lowest BCUT2D eigenvalue weighted by Crippen LogP contribution is -2.44. The Balaban J connectivity index is 1.96. The van der Waals surface area contributed by atoms with Gasteiger partial charge in [-0.05, 0) is 18.9 Å². The first-order chi connectivity index (χ1) is 10.9. The van der Waals surface area contributed by atoms with Gasteiger partial charge in [0.1, 0.15) is 5.25 Å². The molecule has 2 fully saturated rings. The summed E-state index contributed by atoms with van der Waals surface area (Å²) in [5.41, 5.74) is 0.00980. The van der Waals surface area contributed by atoms with Crippen LogP contribution in [0.4, 0.5) is 8.78 Å². The third kappa shape index (κ3) is 3.00. The normalized spacial score (nSPS) is 27.4. The number of hydrogen-bond acceptors (Lipinski definition) is 4. The smallest absolute Gasteiger partial charge is 0.221 e. The molecule has 2 heterocycles. The van der Waals surface area contributed by atoms with Crippen molar-refractivity contribution in [1.82, 2.24) is 9.37 Å². The van der Waals surface area contributed by atoms with Crippen molar-refractivity contribution < 1.29 is 22.0 Å². The van der Waals surface area contributed by atoms with Crippen LogP contribution in [-0.2, 0) is 14.9 Å². The second kappa shape index (κ2) is 6.43. The Kier molecular flexibility index (Phi) is 4.68. The third-order valence-corrected chi connectivity index (χ3v) is 6.79. The van der Waals surface area contributed by atoms with Gasteiger partial charge < -0.3 is 0 Å². The van der Waals surface area contributed by atoms with Crippen molar-refractivity contribution in [1.29, 1.82) is 0 Å². The van der Waals surface area contributed by atoms with Crippen LogP contribution in [0.15, 0.2) is 18.2 Å². The fourth-order valence-corrected chi connectivity index (χ4v) is 5.33. The van der Waals surface area contributed by atoms with Gasteiger partial charge in [0.05, 0.1) is 12.6 Å². The number of piperidine rings is 1. The van der Waals surface area contributed by atoms with Crippen LogP contribution in [0.2, 0.25) is 0 Å². The van der Waals surface area contributed by atoms with E-state index < -0.39 is 32.9 Å². The summed E-state index contributed by atoms with van der Waals surface area (Å²) < 4.78 is 55.0. The molecular weight excluding hydrogens is 326 g/mol. The fraction of sp³-hybridized carbons (Fsp3) is 0.600. The number of halogens is 2. The molecule has 0 bridgehead atoms. The van der Waals surface area contributed by atoms with E-state index in [1.54, 1.807) is 7.05 Å². The highest BCUT2D eigenvalue weighted by Crippen LogP contribution is 2.37. The van der Waals surface area contributed by atoms with Gasteiger partial charge in [-0.25, -0.2) is 21.5 Å². The lowest BCUT2D eigenvalue weighted by molar-refractivity contribution is -0.111. The summed E-state index contributed by atoms with van der Waals surface area (Å²) in [4.78, 5) is 5.34. The zero-order chi connectivity index (χ0) is 16.6. The summed E-state index contributed by atoms with van der Waals surface area (Å²) in [6.45, 7) is 0.887. The van der Waals surface area contributed by atoms with Gasteiger partial charge in [-0.2, -0.15) is 5.06 Å². The molecule has 0 unspecified atom stereocenters. The highest BCUT2D eigenvalue weighted by Gasteiger charge is 2.47. The first-order valence-corrected chi connectivity index (χ1v) is 9.22. The monoisotopic (exact) mass is 346 g/mol. The summed E-state index contributed by atoms with van der Waals surface area (Å²) in [6.07, 6.45) is 2.65. The summed E-state index contributed by atoms with van der Waals surface area (Å²) in [5, 5.41) is 0.367. The van der Waals surface area contributed by atoms with Crippen LogP contribution < -0.4 is 0 Å². The van der Waals surface area contributed by atoms with Crippen LogP contribution in [0.1, 0.15) is 30.9 Å². The average Bonchev–Trinajstić information content (AvgIpc) is 2.93. The average molecular weight is 346 g/mol. The van der Waals surface area contributed by atoms with Gasteiger partial charge in [0.15, 0.2) is 11.6 Å². The first-order valence-electron chi connectivity index (χ1n) is 7.71. The highest BCUT2D eigenvalue weighted by molar-refractivity contribution is 7.89. The van der Waals surface area contributed by atoms with E-state index in [1.165, 1.54) is 21.5 Å². The molecule has 1 aromatic carbocycles. The third-order valence-electron chi connectivity index (χ3n) is 4.54. The maximum absolute atomic E-state index is 14.2. The molecule has 128 valence electrons. The molecule has 5 nitrogen and oxygen atoms in total. The lowest BCUT2D eigenvalue weighted by atomic mass is 10.0. The minimum absolute atomic E-state index is 0.00980. The van der Waals surface area contributed by atoms with Gasteiger partial charge in [-0.3, -0.25) is 4.84 Å². The second-order valence-electron chi connectivity index (χ2n) is 5.97. The van der Waals surface area contributed by atoms with Gasteiger partial charge >= 0.3 is 0 Å². The maximum Gasteiger partial charge on any atom is 0.221 e. The molecule has 3 rings (SSSR count). The molecule has 1 aromatic rings. The molecule has 0 amide bonds. The molecule has 0 spiro atoms. The van der Waals surface area contributed by atoms with Crippen molar-refractivity contribution >= 4 is 10.0 Å². The molecule has 0 radical (unpaired) electrons. The molecule has 0 aliphatic carbocycles. The van der Waals surface area contributed by atoms with Crippen LogP contribution >= 0.6 is 0 Å². The van der Waals surface area contributed by atoms with Crippen molar-refractivity contribution in [2.45, 2.75) is 30.6 Å². The molecule has 23 heavy (non-hydrogen) atoms. The van der Waals surface area contributed by atoms with Crippen molar-refractivity contribution in [2.24, 2.45) is 0 Å². The number of sulfonamides is 1. The van der Waals surface area contributed by atoms with Gasteiger partial charge in [0, 0.05) is 25.7 Å². The minimum atomic E-state index is -3.64. The number of rotatable bonds is 3. The van der Waals surface area contributed by atoms with E-state index in [-0.39, 0.29) is 12.2 Å². The fourth-order valence-electron chi connectivity index (χ4n) is 3.30. The number of benzene rings is 1. The topological polar surface area (TPSA) is 49.9 Å². The van der Waals surface area contributed by atoms with E-state index >= 15 is 0 Å². The van der Waals surface area contributed by atoms with E-state index in [0.29, 0.717) is 13.1 Å². The van der Waals surface area contributed by atoms with Gasteiger partial charge in [0.2, 0.25) is 10.0 Å². The number of nitrogens with zero attached hydrogens (tertiary/aromatic N) is 2. The maximum atomic E-state index is 14.2. The largest absolute Gasteiger partial charge is 0.297 e. The van der Waals surface area contributed by atoms with Crippen molar-refractivity contribution in [2.75, 3.05) is 26.7 Å². The van der Waals surface area contributed by atoms with Crippen LogP contribution in [0.3, 0.4) is 0 Å². The Hall–Kier alpha value is -1.09. The van der Waals surface area contributed by atoms with Crippen molar-refractivity contribution in [3.63, 3.8) is 0 Å². The van der Waals surface area contributed by atoms with Gasteiger partial charge in [-0.15, -0.1) is 0 Å². The molecule has 0 aromatic heterocycles. The zero-order valence-electron chi connectivity index (χ0n) is 12.9. The molecule has 2 saturated heterocycles. The van der Waals surface area contributed by atoms with E-state index in [4.69, 9.17) is 4.84 Å². The molecule has 2 aliphatic rings. The van der Waals surface area contributed by atoms with Crippen molar-refractivity contribution in [3.8, 4) is 0 Å². The molecule has 8 heteroatoms. The zero-order valence-corrected chi connectivity index (χ0v) is 13.7. The first kappa shape index (κ1) is 16.8. The molecule has 0 N–H and O–H groups in total. The van der Waals surface area contributed by atoms with E-state index in [9.17, 15) is 17.2 Å². The Morgan fingerprint density at radius 2 is 1.87 bits per heavy atom. The standard InChI is InChI=1S/C15H20F2N2O3S/c1-18-15(11-6-5-7-12(16)14(11)17)13(10-22-18)23(20,21)19-8-3-2-4-9-19/h5-7,13,15H,2-4,8-10H2,1H3/t13-,15+/m0/s1.